The fraction of sp³-hybridized carbons (Fsp3) is 0.625. The van der Waals surface area contributed by atoms with Gasteiger partial charge >= 0.3 is 0 Å². The average Bonchev–Trinajstić information content (AvgIpc) is 3.01. The molecule has 1 heterocycles. The molecule has 2 nitrogen and oxygen atoms in total. The zero-order valence-corrected chi connectivity index (χ0v) is 11.3. The van der Waals surface area contributed by atoms with Crippen molar-refractivity contribution >= 4 is 0 Å². The molecule has 2 heteroatoms. The van der Waals surface area contributed by atoms with E-state index in [2.05, 4.69) is 36.1 Å². The van der Waals surface area contributed by atoms with Gasteiger partial charge in [-0.2, -0.15) is 0 Å². The van der Waals surface area contributed by atoms with Crippen molar-refractivity contribution in [1.29, 1.82) is 0 Å². The molecule has 1 aromatic rings. The molecule has 1 saturated carbocycles. The summed E-state index contributed by atoms with van der Waals surface area (Å²) in [6, 6.07) is 9.95. The smallest absolute Gasteiger partial charge is 0.0236 e. The molecule has 3 unspecified atom stereocenters. The molecule has 1 aromatic carbocycles. The minimum absolute atomic E-state index is 0.474. The first-order valence-electron chi connectivity index (χ1n) is 7.29. The zero-order chi connectivity index (χ0) is 12.5. The highest BCUT2D eigenvalue weighted by atomic mass is 15.2. The Bertz CT molecular complexity index is 398. The number of hydrogen-bond acceptors (Lipinski definition) is 2. The summed E-state index contributed by atoms with van der Waals surface area (Å²) in [5.74, 6) is 1.47. The first-order valence-corrected chi connectivity index (χ1v) is 7.29. The maximum absolute atomic E-state index is 5.71. The Kier molecular flexibility index (Phi) is 3.40. The van der Waals surface area contributed by atoms with Crippen LogP contribution >= 0.6 is 0 Å². The van der Waals surface area contributed by atoms with E-state index in [0.717, 1.165) is 25.0 Å². The molecule has 2 N–H and O–H groups in total. The van der Waals surface area contributed by atoms with Crippen LogP contribution in [0, 0.1) is 5.92 Å². The average molecular weight is 244 g/mol. The van der Waals surface area contributed by atoms with Crippen molar-refractivity contribution in [3.8, 4) is 0 Å². The Hall–Kier alpha value is -0.860. The van der Waals surface area contributed by atoms with Crippen LogP contribution < -0.4 is 5.73 Å². The maximum Gasteiger partial charge on any atom is 0.0236 e. The van der Waals surface area contributed by atoms with Crippen molar-refractivity contribution in [2.24, 2.45) is 11.7 Å². The number of benzene rings is 1. The van der Waals surface area contributed by atoms with E-state index in [1.807, 2.05) is 0 Å². The van der Waals surface area contributed by atoms with E-state index < -0.39 is 0 Å². The van der Waals surface area contributed by atoms with Crippen LogP contribution in [0.25, 0.3) is 0 Å². The molecular weight excluding hydrogens is 220 g/mol. The molecule has 2 bridgehead atoms. The topological polar surface area (TPSA) is 29.3 Å². The summed E-state index contributed by atoms with van der Waals surface area (Å²) >= 11 is 0. The van der Waals surface area contributed by atoms with Gasteiger partial charge in [-0.3, -0.25) is 4.90 Å². The third-order valence-corrected chi connectivity index (χ3v) is 4.81. The van der Waals surface area contributed by atoms with Gasteiger partial charge in [0.2, 0.25) is 0 Å². The number of rotatable bonds is 4. The molecule has 0 spiro atoms. The molecule has 18 heavy (non-hydrogen) atoms. The Labute approximate surface area is 110 Å². The van der Waals surface area contributed by atoms with Crippen molar-refractivity contribution in [3.63, 3.8) is 0 Å². The molecule has 0 aromatic heterocycles. The van der Waals surface area contributed by atoms with Gasteiger partial charge in [0.05, 0.1) is 0 Å². The SMILES string of the molecule is CC(CN)c1ccc(CN2CC3CCC2C3)cc1. The number of likely N-dealkylation sites (tertiary alicyclic amines) is 1. The zero-order valence-electron chi connectivity index (χ0n) is 11.3. The highest BCUT2D eigenvalue weighted by Crippen LogP contribution is 2.38. The van der Waals surface area contributed by atoms with Crippen LogP contribution in [0.4, 0.5) is 0 Å². The van der Waals surface area contributed by atoms with Crippen LogP contribution in [0.5, 0.6) is 0 Å². The quantitative estimate of drug-likeness (QED) is 0.882. The molecule has 1 aliphatic heterocycles. The molecule has 2 aliphatic rings. The van der Waals surface area contributed by atoms with Crippen molar-refractivity contribution in [2.45, 2.75) is 44.7 Å². The van der Waals surface area contributed by atoms with Crippen LogP contribution in [-0.2, 0) is 6.54 Å². The number of piperidine rings is 1. The van der Waals surface area contributed by atoms with E-state index in [1.165, 1.54) is 36.9 Å². The third kappa shape index (κ3) is 2.32. The van der Waals surface area contributed by atoms with Gasteiger partial charge in [0.1, 0.15) is 0 Å². The minimum atomic E-state index is 0.474. The lowest BCUT2D eigenvalue weighted by molar-refractivity contribution is 0.205. The lowest BCUT2D eigenvalue weighted by Crippen LogP contribution is -2.31. The lowest BCUT2D eigenvalue weighted by Gasteiger charge is -2.26. The summed E-state index contributed by atoms with van der Waals surface area (Å²) in [6.07, 6.45) is 4.34. The van der Waals surface area contributed by atoms with Gasteiger partial charge in [-0.05, 0) is 48.8 Å². The molecule has 2 fully saturated rings. The number of nitrogens with zero attached hydrogens (tertiary/aromatic N) is 1. The van der Waals surface area contributed by atoms with Gasteiger partial charge in [0.25, 0.3) is 0 Å². The number of nitrogens with two attached hydrogens (primary N) is 1. The molecule has 0 amide bonds. The van der Waals surface area contributed by atoms with Crippen LogP contribution in [-0.4, -0.2) is 24.0 Å². The summed E-state index contributed by atoms with van der Waals surface area (Å²) in [5, 5.41) is 0. The predicted octanol–water partition coefficient (Wildman–Crippen LogP) is 2.73. The minimum Gasteiger partial charge on any atom is -0.330 e. The van der Waals surface area contributed by atoms with E-state index in [-0.39, 0.29) is 0 Å². The highest BCUT2D eigenvalue weighted by Gasteiger charge is 2.37. The fourth-order valence-corrected chi connectivity index (χ4v) is 3.54. The molecule has 1 aliphatic carbocycles. The van der Waals surface area contributed by atoms with Crippen molar-refractivity contribution < 1.29 is 0 Å². The van der Waals surface area contributed by atoms with Gasteiger partial charge in [-0.1, -0.05) is 31.2 Å². The summed E-state index contributed by atoms with van der Waals surface area (Å²) in [7, 11) is 0. The van der Waals surface area contributed by atoms with Gasteiger partial charge in [-0.15, -0.1) is 0 Å². The first kappa shape index (κ1) is 12.2. The predicted molar refractivity (Wildman–Crippen MR) is 75.5 cm³/mol. The Morgan fingerprint density at radius 2 is 2.06 bits per heavy atom. The second kappa shape index (κ2) is 5.02. The van der Waals surface area contributed by atoms with Gasteiger partial charge in [0, 0.05) is 19.1 Å². The molecule has 1 saturated heterocycles. The van der Waals surface area contributed by atoms with Crippen LogP contribution in [0.15, 0.2) is 24.3 Å². The summed E-state index contributed by atoms with van der Waals surface area (Å²) in [4.78, 5) is 2.68. The standard InChI is InChI=1S/C16H24N2/c1-12(9-17)15-5-2-13(3-6-15)10-18-11-14-4-7-16(18)8-14/h2-3,5-6,12,14,16H,4,7-11,17H2,1H3. The van der Waals surface area contributed by atoms with Crippen molar-refractivity contribution in [1.82, 2.24) is 4.90 Å². The second-order valence-electron chi connectivity index (χ2n) is 6.14. The fourth-order valence-electron chi connectivity index (χ4n) is 3.54. The Balaban J connectivity index is 1.63. The van der Waals surface area contributed by atoms with Crippen LogP contribution in [0.1, 0.15) is 43.2 Å². The monoisotopic (exact) mass is 244 g/mol. The molecule has 98 valence electrons. The summed E-state index contributed by atoms with van der Waals surface area (Å²) in [5.41, 5.74) is 8.53. The van der Waals surface area contributed by atoms with E-state index in [0.29, 0.717) is 5.92 Å². The molecule has 0 radical (unpaired) electrons. The normalized spacial score (nSPS) is 28.8. The van der Waals surface area contributed by atoms with Gasteiger partial charge in [0.15, 0.2) is 0 Å². The molecule has 3 rings (SSSR count). The van der Waals surface area contributed by atoms with Crippen LogP contribution in [0.2, 0.25) is 0 Å². The van der Waals surface area contributed by atoms with E-state index in [4.69, 9.17) is 5.73 Å². The van der Waals surface area contributed by atoms with Gasteiger partial charge < -0.3 is 5.73 Å². The van der Waals surface area contributed by atoms with E-state index >= 15 is 0 Å². The van der Waals surface area contributed by atoms with E-state index in [9.17, 15) is 0 Å². The number of hydrogen-bond donors (Lipinski definition) is 1. The van der Waals surface area contributed by atoms with Gasteiger partial charge in [-0.25, -0.2) is 0 Å². The Morgan fingerprint density at radius 1 is 1.28 bits per heavy atom. The molecule has 3 atom stereocenters. The first-order chi connectivity index (χ1) is 8.76. The summed E-state index contributed by atoms with van der Waals surface area (Å²) in [6.45, 7) is 5.38. The summed E-state index contributed by atoms with van der Waals surface area (Å²) < 4.78 is 0. The highest BCUT2D eigenvalue weighted by molar-refractivity contribution is 5.25. The van der Waals surface area contributed by atoms with E-state index in [1.54, 1.807) is 0 Å². The van der Waals surface area contributed by atoms with Crippen molar-refractivity contribution in [3.05, 3.63) is 35.4 Å². The Morgan fingerprint density at radius 3 is 2.61 bits per heavy atom. The second-order valence-corrected chi connectivity index (χ2v) is 6.14. The largest absolute Gasteiger partial charge is 0.330 e. The number of fused-ring (bicyclic) bond motifs is 2. The maximum atomic E-state index is 5.71. The van der Waals surface area contributed by atoms with Crippen LogP contribution in [0.3, 0.4) is 0 Å². The lowest BCUT2D eigenvalue weighted by atomic mass is 10.00. The van der Waals surface area contributed by atoms with Crippen molar-refractivity contribution in [2.75, 3.05) is 13.1 Å². The third-order valence-electron chi connectivity index (χ3n) is 4.81. The molecular formula is C16H24N2.